The molecule has 0 aliphatic heterocycles. The summed E-state index contributed by atoms with van der Waals surface area (Å²) < 4.78 is 1.11. The van der Waals surface area contributed by atoms with Gasteiger partial charge < -0.3 is 5.11 Å². The molecule has 1 aromatic carbocycles. The molecule has 90 valence electrons. The normalized spacial score (nSPS) is 10.8. The minimum atomic E-state index is 0.0976. The van der Waals surface area contributed by atoms with Crippen LogP contribution >= 0.6 is 27.3 Å². The number of rotatable bonds is 4. The Balaban J connectivity index is 2.02. The van der Waals surface area contributed by atoms with E-state index in [0.29, 0.717) is 0 Å². The molecule has 2 aromatic rings. The van der Waals surface area contributed by atoms with Gasteiger partial charge in [0.1, 0.15) is 0 Å². The lowest BCUT2D eigenvalue weighted by molar-refractivity contribution is 0.284. The molecule has 0 spiro atoms. The van der Waals surface area contributed by atoms with Crippen molar-refractivity contribution in [1.29, 1.82) is 0 Å². The number of aliphatic hydroxyl groups is 1. The van der Waals surface area contributed by atoms with Crippen molar-refractivity contribution < 1.29 is 5.11 Å². The number of aliphatic hydroxyl groups excluding tert-OH is 1. The molecule has 0 fully saturated rings. The van der Waals surface area contributed by atoms with Crippen LogP contribution in [0.1, 0.15) is 21.1 Å². The molecule has 0 bridgehead atoms. The minimum Gasteiger partial charge on any atom is -0.391 e. The second kappa shape index (κ2) is 5.76. The van der Waals surface area contributed by atoms with Crippen LogP contribution in [0.5, 0.6) is 0 Å². The molecule has 0 unspecified atom stereocenters. The number of nitrogens with zero attached hydrogens (tertiary/aromatic N) is 1. The van der Waals surface area contributed by atoms with Gasteiger partial charge in [0.05, 0.1) is 22.2 Å². The predicted molar refractivity (Wildman–Crippen MR) is 74.3 cm³/mol. The molecule has 0 aliphatic carbocycles. The zero-order chi connectivity index (χ0) is 12.3. The summed E-state index contributed by atoms with van der Waals surface area (Å²) in [4.78, 5) is 5.45. The Labute approximate surface area is 113 Å². The molecule has 2 nitrogen and oxygen atoms in total. The van der Waals surface area contributed by atoms with Crippen LogP contribution in [0.25, 0.3) is 0 Å². The van der Waals surface area contributed by atoms with E-state index in [4.69, 9.17) is 5.11 Å². The maximum atomic E-state index is 9.12. The second-order valence-electron chi connectivity index (χ2n) is 3.90. The first kappa shape index (κ1) is 12.7. The van der Waals surface area contributed by atoms with Crippen LogP contribution < -0.4 is 0 Å². The van der Waals surface area contributed by atoms with Gasteiger partial charge in [-0.25, -0.2) is 4.98 Å². The number of hydrogen-bond donors (Lipinski definition) is 1. The van der Waals surface area contributed by atoms with Crippen molar-refractivity contribution in [2.75, 3.05) is 0 Å². The van der Waals surface area contributed by atoms with Gasteiger partial charge in [-0.1, -0.05) is 28.1 Å². The van der Waals surface area contributed by atoms with Gasteiger partial charge in [-0.2, -0.15) is 0 Å². The highest BCUT2D eigenvalue weighted by Crippen LogP contribution is 2.20. The number of halogens is 1. The van der Waals surface area contributed by atoms with E-state index in [1.807, 2.05) is 19.1 Å². The Hall–Kier alpha value is -0.710. The van der Waals surface area contributed by atoms with E-state index in [1.54, 1.807) is 11.3 Å². The Kier molecular flexibility index (Phi) is 4.31. The van der Waals surface area contributed by atoms with E-state index >= 15 is 0 Å². The third-order valence-electron chi connectivity index (χ3n) is 2.60. The lowest BCUT2D eigenvalue weighted by Gasteiger charge is -1.99. The van der Waals surface area contributed by atoms with Gasteiger partial charge >= 0.3 is 0 Å². The highest BCUT2D eigenvalue weighted by molar-refractivity contribution is 9.10. The molecule has 0 radical (unpaired) electrons. The van der Waals surface area contributed by atoms with Gasteiger partial charge in [0.2, 0.25) is 0 Å². The fourth-order valence-corrected chi connectivity index (χ4v) is 3.06. The first-order valence-corrected chi connectivity index (χ1v) is 7.10. The van der Waals surface area contributed by atoms with Crippen LogP contribution in [0, 0.1) is 6.92 Å². The van der Waals surface area contributed by atoms with Crippen molar-refractivity contribution >= 4 is 27.3 Å². The zero-order valence-electron chi connectivity index (χ0n) is 9.61. The van der Waals surface area contributed by atoms with E-state index in [1.165, 1.54) is 5.56 Å². The fourth-order valence-electron chi connectivity index (χ4n) is 1.69. The van der Waals surface area contributed by atoms with Crippen molar-refractivity contribution in [2.24, 2.45) is 0 Å². The van der Waals surface area contributed by atoms with Crippen LogP contribution in [0.2, 0.25) is 0 Å². The molecular formula is C13H14BrNOS. The second-order valence-corrected chi connectivity index (χ2v) is 5.99. The lowest BCUT2D eigenvalue weighted by atomic mass is 10.1. The number of thiazole rings is 1. The average Bonchev–Trinajstić information content (AvgIpc) is 2.67. The number of benzene rings is 1. The molecule has 2 rings (SSSR count). The Morgan fingerprint density at radius 1 is 1.35 bits per heavy atom. The number of aromatic nitrogens is 1. The summed E-state index contributed by atoms with van der Waals surface area (Å²) in [5.74, 6) is 0. The quantitative estimate of drug-likeness (QED) is 0.937. The Bertz CT molecular complexity index is 510. The standard InChI is InChI=1S/C13H14BrNOS/c1-9-12(8-16)17-13(15-9)6-5-10-3-2-4-11(14)7-10/h2-4,7,16H,5-6,8H2,1H3. The van der Waals surface area contributed by atoms with Crippen LogP contribution in [-0.2, 0) is 19.4 Å². The molecule has 0 aliphatic rings. The van der Waals surface area contributed by atoms with Crippen molar-refractivity contribution in [3.05, 3.63) is 49.9 Å². The van der Waals surface area contributed by atoms with Crippen molar-refractivity contribution in [1.82, 2.24) is 4.98 Å². The molecule has 1 heterocycles. The highest BCUT2D eigenvalue weighted by Gasteiger charge is 2.06. The van der Waals surface area contributed by atoms with Gasteiger partial charge in [-0.05, 0) is 31.0 Å². The number of hydrogen-bond acceptors (Lipinski definition) is 3. The van der Waals surface area contributed by atoms with Crippen molar-refractivity contribution in [3.63, 3.8) is 0 Å². The van der Waals surface area contributed by atoms with E-state index in [0.717, 1.165) is 32.9 Å². The molecule has 17 heavy (non-hydrogen) atoms. The maximum Gasteiger partial charge on any atom is 0.0935 e. The molecule has 0 amide bonds. The molecule has 1 N–H and O–H groups in total. The van der Waals surface area contributed by atoms with Gasteiger partial charge in [0, 0.05) is 10.9 Å². The first-order valence-electron chi connectivity index (χ1n) is 5.49. The van der Waals surface area contributed by atoms with Gasteiger partial charge in [0.15, 0.2) is 0 Å². The molecule has 0 saturated carbocycles. The summed E-state index contributed by atoms with van der Waals surface area (Å²) in [5.41, 5.74) is 2.26. The third-order valence-corrected chi connectivity index (χ3v) is 4.29. The summed E-state index contributed by atoms with van der Waals surface area (Å²) in [6.45, 7) is 2.05. The zero-order valence-corrected chi connectivity index (χ0v) is 12.0. The number of aryl methyl sites for hydroxylation is 3. The van der Waals surface area contributed by atoms with Crippen LogP contribution in [0.3, 0.4) is 0 Å². The topological polar surface area (TPSA) is 33.1 Å². The SMILES string of the molecule is Cc1nc(CCc2cccc(Br)c2)sc1CO. The van der Waals surface area contributed by atoms with E-state index in [9.17, 15) is 0 Å². The largest absolute Gasteiger partial charge is 0.391 e. The van der Waals surface area contributed by atoms with E-state index in [-0.39, 0.29) is 6.61 Å². The van der Waals surface area contributed by atoms with E-state index < -0.39 is 0 Å². The summed E-state index contributed by atoms with van der Waals surface area (Å²) in [5, 5.41) is 10.2. The van der Waals surface area contributed by atoms with Crippen molar-refractivity contribution in [3.8, 4) is 0 Å². The van der Waals surface area contributed by atoms with E-state index in [2.05, 4.69) is 33.0 Å². The van der Waals surface area contributed by atoms with Gasteiger partial charge in [0.25, 0.3) is 0 Å². The molecule has 4 heteroatoms. The smallest absolute Gasteiger partial charge is 0.0935 e. The minimum absolute atomic E-state index is 0.0976. The summed E-state index contributed by atoms with van der Waals surface area (Å²) in [6, 6.07) is 8.33. The maximum absolute atomic E-state index is 9.12. The third kappa shape index (κ3) is 3.37. The Morgan fingerprint density at radius 2 is 2.18 bits per heavy atom. The van der Waals surface area contributed by atoms with Gasteiger partial charge in [-0.15, -0.1) is 11.3 Å². The Morgan fingerprint density at radius 3 is 2.82 bits per heavy atom. The van der Waals surface area contributed by atoms with Crippen LogP contribution in [-0.4, -0.2) is 10.1 Å². The summed E-state index contributed by atoms with van der Waals surface area (Å²) in [7, 11) is 0. The summed E-state index contributed by atoms with van der Waals surface area (Å²) >= 11 is 5.08. The monoisotopic (exact) mass is 311 g/mol. The molecule has 1 aromatic heterocycles. The van der Waals surface area contributed by atoms with Gasteiger partial charge in [-0.3, -0.25) is 0 Å². The lowest BCUT2D eigenvalue weighted by Crippen LogP contribution is -1.90. The summed E-state index contributed by atoms with van der Waals surface area (Å²) in [6.07, 6.45) is 1.92. The van der Waals surface area contributed by atoms with Crippen LogP contribution in [0.4, 0.5) is 0 Å². The molecular weight excluding hydrogens is 298 g/mol. The predicted octanol–water partition coefficient (Wildman–Crippen LogP) is 3.49. The van der Waals surface area contributed by atoms with Crippen LogP contribution in [0.15, 0.2) is 28.7 Å². The molecule has 0 saturated heterocycles. The highest BCUT2D eigenvalue weighted by atomic mass is 79.9. The fraction of sp³-hybridized carbons (Fsp3) is 0.308. The first-order chi connectivity index (χ1) is 8.19. The molecule has 0 atom stereocenters. The van der Waals surface area contributed by atoms with Crippen molar-refractivity contribution in [2.45, 2.75) is 26.4 Å². The average molecular weight is 312 g/mol.